The lowest BCUT2D eigenvalue weighted by atomic mass is 10.1. The van der Waals surface area contributed by atoms with E-state index in [-0.39, 0.29) is 17.2 Å². The van der Waals surface area contributed by atoms with E-state index in [2.05, 4.69) is 5.32 Å². The molecule has 0 atom stereocenters. The summed E-state index contributed by atoms with van der Waals surface area (Å²) in [7, 11) is 0. The van der Waals surface area contributed by atoms with Crippen molar-refractivity contribution in [3.63, 3.8) is 0 Å². The predicted octanol–water partition coefficient (Wildman–Crippen LogP) is 5.29. The molecule has 0 aliphatic rings. The first-order valence-corrected chi connectivity index (χ1v) is 9.37. The Labute approximate surface area is 172 Å². The molecule has 4 aromatic rings. The molecule has 0 fully saturated rings. The maximum absolute atomic E-state index is 13.0. The SMILES string of the molecule is O=C(O)c1ccccc1NC(=O)c1cn(Cc2ccc(Cl)cc2)c2ccccc12. The van der Waals surface area contributed by atoms with Gasteiger partial charge in [-0.1, -0.05) is 54.1 Å². The van der Waals surface area contributed by atoms with Crippen molar-refractivity contribution in [2.24, 2.45) is 0 Å². The van der Waals surface area contributed by atoms with Crippen LogP contribution >= 0.6 is 11.6 Å². The summed E-state index contributed by atoms with van der Waals surface area (Å²) in [5, 5.41) is 13.5. The normalized spacial score (nSPS) is 10.8. The number of benzene rings is 3. The molecule has 3 aromatic carbocycles. The number of aromatic nitrogens is 1. The van der Waals surface area contributed by atoms with Crippen LogP contribution in [-0.2, 0) is 6.54 Å². The Hall–Kier alpha value is -3.57. The highest BCUT2D eigenvalue weighted by atomic mass is 35.5. The van der Waals surface area contributed by atoms with E-state index in [0.29, 0.717) is 17.1 Å². The number of aromatic carboxylic acids is 1. The second-order valence-corrected chi connectivity index (χ2v) is 7.06. The molecule has 0 unspecified atom stereocenters. The zero-order valence-electron chi connectivity index (χ0n) is 15.3. The van der Waals surface area contributed by atoms with E-state index in [1.807, 2.05) is 53.1 Å². The van der Waals surface area contributed by atoms with E-state index >= 15 is 0 Å². The van der Waals surface area contributed by atoms with Gasteiger partial charge >= 0.3 is 5.97 Å². The first-order chi connectivity index (χ1) is 14.0. The highest BCUT2D eigenvalue weighted by Crippen LogP contribution is 2.25. The number of hydrogen-bond donors (Lipinski definition) is 2. The number of hydrogen-bond acceptors (Lipinski definition) is 2. The molecule has 2 N–H and O–H groups in total. The summed E-state index contributed by atoms with van der Waals surface area (Å²) < 4.78 is 2.00. The third-order valence-electron chi connectivity index (χ3n) is 4.71. The van der Waals surface area contributed by atoms with Gasteiger partial charge in [-0.3, -0.25) is 4.79 Å². The van der Waals surface area contributed by atoms with Gasteiger partial charge in [-0.05, 0) is 35.9 Å². The lowest BCUT2D eigenvalue weighted by Crippen LogP contribution is -2.14. The molecule has 1 heterocycles. The van der Waals surface area contributed by atoms with Gasteiger partial charge in [0.1, 0.15) is 0 Å². The van der Waals surface area contributed by atoms with Crippen molar-refractivity contribution in [1.29, 1.82) is 0 Å². The third-order valence-corrected chi connectivity index (χ3v) is 4.96. The van der Waals surface area contributed by atoms with Crippen LogP contribution in [0.25, 0.3) is 10.9 Å². The van der Waals surface area contributed by atoms with Crippen LogP contribution in [0.5, 0.6) is 0 Å². The first kappa shape index (κ1) is 18.8. The smallest absolute Gasteiger partial charge is 0.337 e. The van der Waals surface area contributed by atoms with Gasteiger partial charge in [-0.15, -0.1) is 0 Å². The summed E-state index contributed by atoms with van der Waals surface area (Å²) in [5.74, 6) is -1.45. The van der Waals surface area contributed by atoms with Crippen LogP contribution in [0, 0.1) is 0 Å². The summed E-state index contributed by atoms with van der Waals surface area (Å²) in [6.07, 6.45) is 1.79. The van der Waals surface area contributed by atoms with Crippen molar-refractivity contribution in [3.8, 4) is 0 Å². The molecular weight excluding hydrogens is 388 g/mol. The van der Waals surface area contributed by atoms with E-state index < -0.39 is 5.97 Å². The largest absolute Gasteiger partial charge is 0.478 e. The number of halogens is 1. The van der Waals surface area contributed by atoms with Crippen LogP contribution in [0.15, 0.2) is 79.0 Å². The minimum Gasteiger partial charge on any atom is -0.478 e. The molecule has 144 valence electrons. The average molecular weight is 405 g/mol. The fourth-order valence-electron chi connectivity index (χ4n) is 3.31. The quantitative estimate of drug-likeness (QED) is 0.474. The van der Waals surface area contributed by atoms with Crippen molar-refractivity contribution >= 4 is 40.1 Å². The van der Waals surface area contributed by atoms with Gasteiger partial charge in [0.2, 0.25) is 0 Å². The van der Waals surface area contributed by atoms with E-state index in [1.165, 1.54) is 6.07 Å². The Morgan fingerprint density at radius 2 is 1.59 bits per heavy atom. The Morgan fingerprint density at radius 3 is 2.34 bits per heavy atom. The molecule has 0 spiro atoms. The van der Waals surface area contributed by atoms with Crippen molar-refractivity contribution < 1.29 is 14.7 Å². The molecule has 29 heavy (non-hydrogen) atoms. The fourth-order valence-corrected chi connectivity index (χ4v) is 3.44. The Balaban J connectivity index is 1.70. The monoisotopic (exact) mass is 404 g/mol. The fraction of sp³-hybridized carbons (Fsp3) is 0.0435. The number of carbonyl (C=O) groups excluding carboxylic acids is 1. The number of nitrogens with zero attached hydrogens (tertiary/aromatic N) is 1. The highest BCUT2D eigenvalue weighted by molar-refractivity contribution is 6.30. The standard InChI is InChI=1S/C23H17ClN2O3/c24-16-11-9-15(10-12-16)13-26-14-19(17-5-2-4-8-21(17)26)22(27)25-20-7-3-1-6-18(20)23(28)29/h1-12,14H,13H2,(H,25,27)(H,28,29). The van der Waals surface area contributed by atoms with Crippen LogP contribution in [0.3, 0.4) is 0 Å². The van der Waals surface area contributed by atoms with E-state index in [9.17, 15) is 14.7 Å². The molecule has 0 saturated carbocycles. The summed E-state index contributed by atoms with van der Waals surface area (Å²) in [5.41, 5.74) is 2.76. The molecule has 0 aliphatic carbocycles. The number of nitrogens with one attached hydrogen (secondary N) is 1. The molecule has 0 saturated heterocycles. The van der Waals surface area contributed by atoms with E-state index in [1.54, 1.807) is 24.4 Å². The van der Waals surface area contributed by atoms with Gasteiger partial charge in [-0.2, -0.15) is 0 Å². The molecule has 0 radical (unpaired) electrons. The maximum Gasteiger partial charge on any atom is 0.337 e. The second-order valence-electron chi connectivity index (χ2n) is 6.62. The summed E-state index contributed by atoms with van der Waals surface area (Å²) >= 11 is 5.97. The number of para-hydroxylation sites is 2. The minimum absolute atomic E-state index is 0.0470. The van der Waals surface area contributed by atoms with Crippen molar-refractivity contribution in [2.75, 3.05) is 5.32 Å². The minimum atomic E-state index is -1.09. The number of anilines is 1. The molecule has 1 amide bonds. The maximum atomic E-state index is 13.0. The Kier molecular flexibility index (Phi) is 5.06. The summed E-state index contributed by atoms with van der Waals surface area (Å²) in [6, 6.07) is 21.5. The Bertz CT molecular complexity index is 1210. The second kappa shape index (κ2) is 7.81. The van der Waals surface area contributed by atoms with Crippen LogP contribution in [-0.4, -0.2) is 21.6 Å². The van der Waals surface area contributed by atoms with Crippen molar-refractivity contribution in [3.05, 3.63) is 101 Å². The number of fused-ring (bicyclic) bond motifs is 1. The van der Waals surface area contributed by atoms with Gasteiger partial charge < -0.3 is 15.0 Å². The number of rotatable bonds is 5. The van der Waals surface area contributed by atoms with E-state index in [0.717, 1.165) is 16.5 Å². The van der Waals surface area contributed by atoms with Gasteiger partial charge in [0.05, 0.1) is 16.8 Å². The van der Waals surface area contributed by atoms with Gasteiger partial charge in [-0.25, -0.2) is 4.79 Å². The molecule has 0 bridgehead atoms. The lowest BCUT2D eigenvalue weighted by molar-refractivity contribution is 0.0698. The molecular formula is C23H17ClN2O3. The molecule has 5 nitrogen and oxygen atoms in total. The van der Waals surface area contributed by atoms with Gasteiger partial charge in [0.25, 0.3) is 5.91 Å². The highest BCUT2D eigenvalue weighted by Gasteiger charge is 2.18. The van der Waals surface area contributed by atoms with Gasteiger partial charge in [0, 0.05) is 28.7 Å². The van der Waals surface area contributed by atoms with Crippen molar-refractivity contribution in [1.82, 2.24) is 4.57 Å². The Morgan fingerprint density at radius 1 is 0.897 bits per heavy atom. The number of amides is 1. The van der Waals surface area contributed by atoms with Crippen LogP contribution < -0.4 is 5.32 Å². The number of carboxylic acids is 1. The zero-order valence-corrected chi connectivity index (χ0v) is 16.1. The van der Waals surface area contributed by atoms with Gasteiger partial charge in [0.15, 0.2) is 0 Å². The van der Waals surface area contributed by atoms with Crippen molar-refractivity contribution in [2.45, 2.75) is 6.54 Å². The number of carbonyl (C=O) groups is 2. The number of carboxylic acid groups (broad SMARTS) is 1. The van der Waals surface area contributed by atoms with Crippen LogP contribution in [0.1, 0.15) is 26.3 Å². The summed E-state index contributed by atoms with van der Waals surface area (Å²) in [4.78, 5) is 24.4. The molecule has 1 aromatic heterocycles. The van der Waals surface area contributed by atoms with Crippen LogP contribution in [0.2, 0.25) is 5.02 Å². The lowest BCUT2D eigenvalue weighted by Gasteiger charge is -2.07. The van der Waals surface area contributed by atoms with E-state index in [4.69, 9.17) is 11.6 Å². The molecule has 0 aliphatic heterocycles. The zero-order chi connectivity index (χ0) is 20.4. The molecule has 6 heteroatoms. The average Bonchev–Trinajstić information content (AvgIpc) is 3.09. The predicted molar refractivity (Wildman–Crippen MR) is 114 cm³/mol. The summed E-state index contributed by atoms with van der Waals surface area (Å²) in [6.45, 7) is 0.580. The first-order valence-electron chi connectivity index (χ1n) is 8.99. The third kappa shape index (κ3) is 3.86. The topological polar surface area (TPSA) is 71.3 Å². The molecule has 4 rings (SSSR count). The van der Waals surface area contributed by atoms with Crippen LogP contribution in [0.4, 0.5) is 5.69 Å².